The van der Waals surface area contributed by atoms with Crippen LogP contribution in [-0.4, -0.2) is 34.0 Å². The van der Waals surface area contributed by atoms with Crippen LogP contribution in [0.25, 0.3) is 0 Å². The third-order valence-corrected chi connectivity index (χ3v) is 4.57. The van der Waals surface area contributed by atoms with Crippen molar-refractivity contribution < 1.29 is 14.6 Å². The van der Waals surface area contributed by atoms with E-state index in [9.17, 15) is 9.90 Å². The first-order valence-corrected chi connectivity index (χ1v) is 8.66. The first-order valence-electron chi connectivity index (χ1n) is 8.66. The molecule has 0 amide bonds. The van der Waals surface area contributed by atoms with E-state index in [0.29, 0.717) is 19.1 Å². The number of carbonyl (C=O) groups is 1. The van der Waals surface area contributed by atoms with Crippen LogP contribution in [0.4, 0.5) is 0 Å². The van der Waals surface area contributed by atoms with Gasteiger partial charge >= 0.3 is 5.97 Å². The van der Waals surface area contributed by atoms with Crippen LogP contribution in [0.2, 0.25) is 0 Å². The van der Waals surface area contributed by atoms with E-state index in [-0.39, 0.29) is 5.92 Å². The summed E-state index contributed by atoms with van der Waals surface area (Å²) in [4.78, 5) is 17.5. The number of hydrogen-bond acceptors (Lipinski definition) is 4. The standard InChI is InChI=1S/C20H24N2O3/c1-15-10-18(20(23)24)13-22(11-15)12-16-2-4-19(5-3-16)25-14-17-6-8-21-9-7-17/h2-9,15,18H,10-14H2,1H3,(H,23,24). The van der Waals surface area contributed by atoms with Gasteiger partial charge in [-0.1, -0.05) is 19.1 Å². The maximum atomic E-state index is 11.3. The summed E-state index contributed by atoms with van der Waals surface area (Å²) in [5, 5.41) is 9.28. The van der Waals surface area contributed by atoms with E-state index in [1.807, 2.05) is 24.3 Å². The number of pyridine rings is 1. The second-order valence-electron chi connectivity index (χ2n) is 6.86. The van der Waals surface area contributed by atoms with Gasteiger partial charge in [-0.3, -0.25) is 14.7 Å². The normalized spacial score (nSPS) is 21.0. The lowest BCUT2D eigenvalue weighted by Crippen LogP contribution is -2.41. The van der Waals surface area contributed by atoms with Gasteiger partial charge in [0.05, 0.1) is 5.92 Å². The Morgan fingerprint density at radius 2 is 1.88 bits per heavy atom. The zero-order valence-electron chi connectivity index (χ0n) is 14.5. The van der Waals surface area contributed by atoms with Gasteiger partial charge in [-0.2, -0.15) is 0 Å². The van der Waals surface area contributed by atoms with Gasteiger partial charge in [0, 0.05) is 32.0 Å². The van der Waals surface area contributed by atoms with Crippen LogP contribution < -0.4 is 4.74 Å². The summed E-state index contributed by atoms with van der Waals surface area (Å²) in [5.74, 6) is 0.303. The molecule has 1 fully saturated rings. The van der Waals surface area contributed by atoms with Crippen molar-refractivity contribution in [2.45, 2.75) is 26.5 Å². The lowest BCUT2D eigenvalue weighted by molar-refractivity contribution is -0.144. The summed E-state index contributed by atoms with van der Waals surface area (Å²) in [6, 6.07) is 11.9. The summed E-state index contributed by atoms with van der Waals surface area (Å²) in [7, 11) is 0. The molecule has 0 bridgehead atoms. The molecule has 2 unspecified atom stereocenters. The van der Waals surface area contributed by atoms with Crippen molar-refractivity contribution in [3.05, 3.63) is 59.9 Å². The number of carboxylic acid groups (broad SMARTS) is 1. The van der Waals surface area contributed by atoms with Crippen LogP contribution in [0.1, 0.15) is 24.5 Å². The van der Waals surface area contributed by atoms with Crippen molar-refractivity contribution in [1.29, 1.82) is 0 Å². The third-order valence-electron chi connectivity index (χ3n) is 4.57. The van der Waals surface area contributed by atoms with E-state index in [0.717, 1.165) is 30.8 Å². The van der Waals surface area contributed by atoms with Crippen molar-refractivity contribution in [2.24, 2.45) is 11.8 Å². The summed E-state index contributed by atoms with van der Waals surface area (Å²) in [6.45, 7) is 4.99. The molecule has 1 N–H and O–H groups in total. The highest BCUT2D eigenvalue weighted by atomic mass is 16.5. The van der Waals surface area contributed by atoms with E-state index >= 15 is 0 Å². The molecule has 5 heteroatoms. The van der Waals surface area contributed by atoms with Crippen LogP contribution in [-0.2, 0) is 17.9 Å². The van der Waals surface area contributed by atoms with Crippen LogP contribution in [0.15, 0.2) is 48.8 Å². The van der Waals surface area contributed by atoms with E-state index in [2.05, 4.69) is 28.9 Å². The molecule has 1 aliphatic heterocycles. The van der Waals surface area contributed by atoms with Gasteiger partial charge in [0.2, 0.25) is 0 Å². The lowest BCUT2D eigenvalue weighted by Gasteiger charge is -2.34. The molecule has 2 aromatic rings. The van der Waals surface area contributed by atoms with Gasteiger partial charge < -0.3 is 9.84 Å². The number of aromatic nitrogens is 1. The molecule has 0 aliphatic carbocycles. The summed E-state index contributed by atoms with van der Waals surface area (Å²) >= 11 is 0. The minimum Gasteiger partial charge on any atom is -0.489 e. The molecule has 2 heterocycles. The lowest BCUT2D eigenvalue weighted by atomic mass is 9.90. The number of aliphatic carboxylic acids is 1. The van der Waals surface area contributed by atoms with Gasteiger partial charge in [-0.15, -0.1) is 0 Å². The van der Waals surface area contributed by atoms with Crippen LogP contribution in [0, 0.1) is 11.8 Å². The number of hydrogen-bond donors (Lipinski definition) is 1. The number of rotatable bonds is 6. The minimum atomic E-state index is -0.684. The predicted molar refractivity (Wildman–Crippen MR) is 95.2 cm³/mol. The van der Waals surface area contributed by atoms with Crippen LogP contribution in [0.5, 0.6) is 5.75 Å². The smallest absolute Gasteiger partial charge is 0.307 e. The molecule has 25 heavy (non-hydrogen) atoms. The second kappa shape index (κ2) is 8.12. The fraction of sp³-hybridized carbons (Fsp3) is 0.400. The molecule has 1 aromatic carbocycles. The summed E-state index contributed by atoms with van der Waals surface area (Å²) in [6.07, 6.45) is 4.28. The average Bonchev–Trinajstić information content (AvgIpc) is 2.61. The van der Waals surface area contributed by atoms with Gasteiger partial charge in [-0.25, -0.2) is 0 Å². The van der Waals surface area contributed by atoms with E-state index in [4.69, 9.17) is 4.74 Å². The van der Waals surface area contributed by atoms with E-state index < -0.39 is 5.97 Å². The van der Waals surface area contributed by atoms with Gasteiger partial charge in [0.1, 0.15) is 12.4 Å². The fourth-order valence-corrected chi connectivity index (χ4v) is 3.36. The summed E-state index contributed by atoms with van der Waals surface area (Å²) in [5.41, 5.74) is 2.26. The highest BCUT2D eigenvalue weighted by Crippen LogP contribution is 2.24. The first kappa shape index (κ1) is 17.4. The Morgan fingerprint density at radius 3 is 2.56 bits per heavy atom. The van der Waals surface area contributed by atoms with Crippen LogP contribution >= 0.6 is 0 Å². The highest BCUT2D eigenvalue weighted by Gasteiger charge is 2.29. The monoisotopic (exact) mass is 340 g/mol. The Morgan fingerprint density at radius 1 is 1.16 bits per heavy atom. The topological polar surface area (TPSA) is 62.7 Å². The third kappa shape index (κ3) is 5.03. The van der Waals surface area contributed by atoms with Crippen molar-refractivity contribution in [3.8, 4) is 5.75 Å². The molecule has 2 atom stereocenters. The fourth-order valence-electron chi connectivity index (χ4n) is 3.36. The number of likely N-dealkylation sites (tertiary alicyclic amines) is 1. The minimum absolute atomic E-state index is 0.258. The highest BCUT2D eigenvalue weighted by molar-refractivity contribution is 5.70. The van der Waals surface area contributed by atoms with Gasteiger partial charge in [0.25, 0.3) is 0 Å². The second-order valence-corrected chi connectivity index (χ2v) is 6.86. The number of carboxylic acids is 1. The van der Waals surface area contributed by atoms with Crippen molar-refractivity contribution >= 4 is 5.97 Å². The molecule has 0 saturated carbocycles. The predicted octanol–water partition coefficient (Wildman–Crippen LogP) is 3.20. The first-order chi connectivity index (χ1) is 12.1. The maximum Gasteiger partial charge on any atom is 0.307 e. The van der Waals surface area contributed by atoms with Gasteiger partial charge in [0.15, 0.2) is 0 Å². The number of piperidine rings is 1. The largest absolute Gasteiger partial charge is 0.489 e. The zero-order valence-corrected chi connectivity index (χ0v) is 14.5. The van der Waals surface area contributed by atoms with Gasteiger partial charge in [-0.05, 0) is 47.7 Å². The average molecular weight is 340 g/mol. The number of benzene rings is 1. The number of nitrogens with zero attached hydrogens (tertiary/aromatic N) is 2. The van der Waals surface area contributed by atoms with E-state index in [1.165, 1.54) is 5.56 Å². The quantitative estimate of drug-likeness (QED) is 0.875. The van der Waals surface area contributed by atoms with Crippen molar-refractivity contribution in [2.75, 3.05) is 13.1 Å². The molecule has 0 radical (unpaired) electrons. The maximum absolute atomic E-state index is 11.3. The molecule has 1 aliphatic rings. The molecular formula is C20H24N2O3. The molecule has 1 aromatic heterocycles. The summed E-state index contributed by atoms with van der Waals surface area (Å²) < 4.78 is 5.78. The van der Waals surface area contributed by atoms with Crippen molar-refractivity contribution in [1.82, 2.24) is 9.88 Å². The SMILES string of the molecule is CC1CC(C(=O)O)CN(Cc2ccc(OCc3ccncc3)cc2)C1. The Balaban J connectivity index is 1.54. The number of ether oxygens (including phenoxy) is 1. The molecule has 5 nitrogen and oxygen atoms in total. The molecular weight excluding hydrogens is 316 g/mol. The van der Waals surface area contributed by atoms with E-state index in [1.54, 1.807) is 12.4 Å². The molecule has 132 valence electrons. The Bertz CT molecular complexity index is 688. The Hall–Kier alpha value is -2.40. The Kier molecular flexibility index (Phi) is 5.66. The van der Waals surface area contributed by atoms with Crippen molar-refractivity contribution in [3.63, 3.8) is 0 Å². The zero-order chi connectivity index (χ0) is 17.6. The molecule has 3 rings (SSSR count). The molecule has 0 spiro atoms. The molecule has 1 saturated heterocycles. The Labute approximate surface area is 148 Å². The van der Waals surface area contributed by atoms with Crippen LogP contribution in [0.3, 0.4) is 0 Å².